The van der Waals surface area contributed by atoms with E-state index in [4.69, 9.17) is 0 Å². The van der Waals surface area contributed by atoms with Crippen molar-refractivity contribution in [1.82, 2.24) is 4.98 Å². The number of rotatable bonds is 14. The van der Waals surface area contributed by atoms with Gasteiger partial charge in [0.15, 0.2) is 0 Å². The van der Waals surface area contributed by atoms with Crippen LogP contribution in [0.3, 0.4) is 0 Å². The Morgan fingerprint density at radius 3 is 0.792 bits per heavy atom. The van der Waals surface area contributed by atoms with Crippen molar-refractivity contribution in [1.29, 1.82) is 0 Å². The predicted octanol–water partition coefficient (Wildman–Crippen LogP) is 25.3. The normalized spacial score (nSPS) is 10.3. The Hall–Kier alpha value is -8.06. The van der Waals surface area contributed by atoms with Gasteiger partial charge in [0, 0.05) is 11.9 Å². The predicted molar refractivity (Wildman–Crippen MR) is 417 cm³/mol. The van der Waals surface area contributed by atoms with Gasteiger partial charge in [-0.15, -0.1) is 23.8 Å². The SMILES string of the molecule is CC(C)c1cccc(C(C)C)c1N(C(=[N-])N(C)c1ccccc1)c1ccccc1.CC(C)c1cccc(C(C)C)c1N(C(=[N-])N(c1ccccc1)c1c(C(C)C)cccc1C(C)C)c1ccccc1.C[N-]c1ccccc1.[CH3-].[CH3-].[CH3-].[CH3-].[Ti+4].[Zr+4].c1ccc2c(c1)[n-]c1ccccc12. The average Bonchev–Trinajstić information content (AvgIpc) is 0.938. The first-order valence-electron chi connectivity index (χ1n) is 31.8. The molecule has 0 aliphatic rings. The maximum Gasteiger partial charge on any atom is 4.00 e. The molecule has 0 aliphatic heterocycles. The van der Waals surface area contributed by atoms with Crippen molar-refractivity contribution in [2.24, 2.45) is 0 Å². The van der Waals surface area contributed by atoms with Gasteiger partial charge in [0.2, 0.25) is 0 Å². The average molecular weight is 1390 g/mol. The standard InChI is InChI=1S/C37H44N3.C26H30N3.C12H8N.C7H8N.4CH3.Ti.Zr/c1-25(2)31-21-15-22-32(26(3)4)35(31)39(29-17-11-9-12-18-29)37(38)40(30-19-13-10-14-20-30)36-33(27(5)6)23-16-24-34(36)28(7)8;1-19(2)23-17-12-18-24(20(3)4)25(23)29(22-15-10-7-11-16-22)26(27)28(5)21-13-8-6-9-14-21;1-3-7-11-9(5-1)10-6-2-4-8-12(10)13-11;1-8-7-5-3-2-4-6-7;;;;;;/h9-28H,1-8H3;6-20H,1-5H3;1-8H;2-6H,1H3;4*1H3;;/q8*-1;2*+4. The van der Waals surface area contributed by atoms with E-state index >= 15 is 0 Å². The van der Waals surface area contributed by atoms with Crippen LogP contribution in [0.25, 0.3) is 37.9 Å². The molecule has 0 saturated heterocycles. The topological polar surface area (TPSA) is 85.8 Å². The van der Waals surface area contributed by atoms with Gasteiger partial charge in [-0.25, -0.2) is 0 Å². The third-order valence-corrected chi connectivity index (χ3v) is 16.1. The van der Waals surface area contributed by atoms with E-state index in [-0.39, 0.29) is 113 Å². The fourth-order valence-corrected chi connectivity index (χ4v) is 11.4. The summed E-state index contributed by atoms with van der Waals surface area (Å²) in [6, 6.07) is 86.4. The van der Waals surface area contributed by atoms with Crippen LogP contribution >= 0.6 is 0 Å². The zero-order valence-corrected chi connectivity index (χ0v) is 64.3. The van der Waals surface area contributed by atoms with E-state index in [1.165, 1.54) is 44.2 Å². The zero-order valence-electron chi connectivity index (χ0n) is 60.3. The van der Waals surface area contributed by atoms with Gasteiger partial charge in [-0.3, -0.25) is 0 Å². The Balaban J connectivity index is 0.000000486. The third-order valence-electron chi connectivity index (χ3n) is 16.1. The molecule has 0 aliphatic carbocycles. The minimum atomic E-state index is 0. The van der Waals surface area contributed by atoms with Crippen LogP contribution in [0.5, 0.6) is 0 Å². The quantitative estimate of drug-likeness (QED) is 0.0469. The number of hydrogen-bond acceptors (Lipinski definition) is 0. The summed E-state index contributed by atoms with van der Waals surface area (Å²) < 4.78 is 0. The number of para-hydroxylation sites is 10. The number of fused-ring (bicyclic) bond motifs is 3. The molecule has 11 aromatic rings. The second-order valence-electron chi connectivity index (χ2n) is 24.5. The van der Waals surface area contributed by atoms with E-state index < -0.39 is 0 Å². The molecule has 0 atom stereocenters. The molecule has 10 aromatic carbocycles. The first-order chi connectivity index (χ1) is 43.4. The Morgan fingerprint density at radius 1 is 0.312 bits per heavy atom. The maximum absolute atomic E-state index is 12.8. The first kappa shape index (κ1) is 84.0. The molecule has 1 aromatic heterocycles. The molecule has 0 radical (unpaired) electrons. The van der Waals surface area contributed by atoms with Crippen LogP contribution in [-0.2, 0) is 47.9 Å². The van der Waals surface area contributed by atoms with Gasteiger partial charge in [0.05, 0.1) is 0 Å². The van der Waals surface area contributed by atoms with E-state index in [9.17, 15) is 10.8 Å². The van der Waals surface area contributed by atoms with Crippen molar-refractivity contribution in [2.45, 2.75) is 119 Å². The van der Waals surface area contributed by atoms with Crippen molar-refractivity contribution in [3.8, 4) is 0 Å². The summed E-state index contributed by atoms with van der Waals surface area (Å²) in [5, 5.41) is 30.8. The largest absolute Gasteiger partial charge is 4.00 e. The molecule has 0 unspecified atom stereocenters. The van der Waals surface area contributed by atoms with Gasteiger partial charge in [-0.1, -0.05) is 338 Å². The van der Waals surface area contributed by atoms with E-state index in [0.29, 0.717) is 11.8 Å². The molecule has 1 heterocycles. The summed E-state index contributed by atoms with van der Waals surface area (Å²) in [7, 11) is 3.68. The van der Waals surface area contributed by atoms with E-state index in [1.807, 2.05) is 156 Å². The van der Waals surface area contributed by atoms with Gasteiger partial charge in [0.25, 0.3) is 0 Å². The van der Waals surface area contributed by atoms with Crippen molar-refractivity contribution in [3.63, 3.8) is 0 Å². The Morgan fingerprint density at radius 2 is 0.542 bits per heavy atom. The summed E-state index contributed by atoms with van der Waals surface area (Å²) >= 11 is 0. The summed E-state index contributed by atoms with van der Waals surface area (Å²) in [5.74, 6) is 2.08. The van der Waals surface area contributed by atoms with Crippen molar-refractivity contribution in [3.05, 3.63) is 334 Å². The molecule has 0 saturated carbocycles. The third kappa shape index (κ3) is 20.5. The molecule has 0 spiro atoms. The Kier molecular flexibility index (Phi) is 35.4. The molecule has 494 valence electrons. The molecule has 0 fully saturated rings. The Bertz CT molecular complexity index is 3800. The summed E-state index contributed by atoms with van der Waals surface area (Å²) in [4.78, 5) is 12.5. The number of nitrogens with zero attached hydrogens (tertiary/aromatic N) is 8. The monoisotopic (exact) mass is 1380 g/mol. The zero-order chi connectivity index (χ0) is 64.4. The Labute approximate surface area is 613 Å². The van der Waals surface area contributed by atoms with Crippen LogP contribution in [0.1, 0.15) is 152 Å². The van der Waals surface area contributed by atoms with Crippen molar-refractivity contribution in [2.75, 3.05) is 33.7 Å². The molecule has 0 N–H and O–H groups in total. The maximum atomic E-state index is 12.8. The van der Waals surface area contributed by atoms with Crippen molar-refractivity contribution < 1.29 is 47.9 Å². The molecular weight excluding hydrogens is 1280 g/mol. The van der Waals surface area contributed by atoms with E-state index in [2.05, 4.69) is 218 Å². The molecule has 0 bridgehead atoms. The van der Waals surface area contributed by atoms with Crippen molar-refractivity contribution >= 4 is 79.2 Å². The summed E-state index contributed by atoms with van der Waals surface area (Å²) in [6.45, 7) is 26.6. The number of benzene rings is 10. The molecule has 96 heavy (non-hydrogen) atoms. The summed E-state index contributed by atoms with van der Waals surface area (Å²) in [5.41, 5.74) is 17.3. The molecular formula is C86H102N8TiZr. The molecule has 8 nitrogen and oxygen atoms in total. The number of guanidine groups is 2. The van der Waals surface area contributed by atoms with Gasteiger partial charge in [-0.05, 0) is 127 Å². The fourth-order valence-electron chi connectivity index (χ4n) is 11.4. The van der Waals surface area contributed by atoms with Crippen LogP contribution in [-0.4, -0.2) is 26.0 Å². The second-order valence-corrected chi connectivity index (χ2v) is 24.5. The number of anilines is 7. The fraction of sp³-hybridized carbons (Fsp3) is 0.233. The van der Waals surface area contributed by atoms with Crippen LogP contribution in [0.4, 0.5) is 45.5 Å². The van der Waals surface area contributed by atoms with Gasteiger partial charge in [0.1, 0.15) is 0 Å². The molecule has 11 rings (SSSR count). The van der Waals surface area contributed by atoms with Crippen LogP contribution in [0, 0.1) is 29.7 Å². The van der Waals surface area contributed by atoms with E-state index in [0.717, 1.165) is 56.5 Å². The van der Waals surface area contributed by atoms with Crippen LogP contribution < -0.4 is 24.6 Å². The smallest absolute Gasteiger partial charge is 0.687 e. The molecule has 10 heteroatoms. The number of aromatic nitrogens is 1. The van der Waals surface area contributed by atoms with Gasteiger partial charge >= 0.3 is 47.9 Å². The minimum absolute atomic E-state index is 0. The van der Waals surface area contributed by atoms with Crippen LogP contribution in [0.2, 0.25) is 0 Å². The minimum Gasteiger partial charge on any atom is -0.687 e. The second kappa shape index (κ2) is 40.5. The first-order valence-corrected chi connectivity index (χ1v) is 31.8. The summed E-state index contributed by atoms with van der Waals surface area (Å²) in [6.07, 6.45) is 0. The van der Waals surface area contributed by atoms with Gasteiger partial charge < -0.3 is 70.4 Å². The molecule has 0 amide bonds. The number of hydrogen-bond donors (Lipinski definition) is 0. The van der Waals surface area contributed by atoms with Crippen LogP contribution in [0.15, 0.2) is 255 Å². The van der Waals surface area contributed by atoms with E-state index in [1.54, 1.807) is 7.05 Å². The van der Waals surface area contributed by atoms with Gasteiger partial charge in [-0.2, -0.15) is 0 Å².